The Morgan fingerprint density at radius 2 is 1.92 bits per heavy atom. The number of nitrogens with one attached hydrogen (secondary N) is 1. The van der Waals surface area contributed by atoms with E-state index in [1.807, 2.05) is 30.5 Å². The van der Waals surface area contributed by atoms with Crippen LogP contribution in [0.15, 0.2) is 65.9 Å². The number of benzene rings is 2. The molecule has 0 bridgehead atoms. The van der Waals surface area contributed by atoms with Crippen molar-refractivity contribution in [1.82, 2.24) is 15.0 Å². The van der Waals surface area contributed by atoms with Gasteiger partial charge in [-0.1, -0.05) is 58.7 Å². The Morgan fingerprint density at radius 1 is 1.08 bits per heavy atom. The highest BCUT2D eigenvalue weighted by molar-refractivity contribution is 6.42. The summed E-state index contributed by atoms with van der Waals surface area (Å²) in [4.78, 5) is 0. The summed E-state index contributed by atoms with van der Waals surface area (Å²) in [5, 5.41) is 13.3. The molecule has 0 saturated heterocycles. The molecule has 0 saturated carbocycles. The summed E-state index contributed by atoms with van der Waals surface area (Å²) < 4.78 is 1.79. The fraction of sp³-hybridized carbons (Fsp3) is 0.0556. The van der Waals surface area contributed by atoms with Gasteiger partial charge in [-0.2, -0.15) is 5.10 Å². The standard InChI is InChI=1S/C18H15Cl2N5/c19-17-9-8-15(11-18(17)20)22-21-10-4-7-16-13-25(24-23-16)12-14-5-2-1-3-6-14/h1-11,13,22H,12H2/b7-4+,21-10-. The van der Waals surface area contributed by atoms with Crippen LogP contribution in [0.5, 0.6) is 0 Å². The number of hydrogen-bond donors (Lipinski definition) is 1. The van der Waals surface area contributed by atoms with Gasteiger partial charge < -0.3 is 0 Å². The van der Waals surface area contributed by atoms with E-state index in [9.17, 15) is 0 Å². The predicted molar refractivity (Wildman–Crippen MR) is 103 cm³/mol. The molecule has 0 atom stereocenters. The number of hydrogen-bond acceptors (Lipinski definition) is 4. The van der Waals surface area contributed by atoms with E-state index < -0.39 is 0 Å². The Labute approximate surface area is 155 Å². The van der Waals surface area contributed by atoms with Crippen LogP contribution in [0.2, 0.25) is 10.0 Å². The second-order valence-corrected chi connectivity index (χ2v) is 6.02. The van der Waals surface area contributed by atoms with Crippen molar-refractivity contribution < 1.29 is 0 Å². The van der Waals surface area contributed by atoms with Crippen LogP contribution >= 0.6 is 23.2 Å². The van der Waals surface area contributed by atoms with Crippen molar-refractivity contribution in [2.45, 2.75) is 6.54 Å². The van der Waals surface area contributed by atoms with E-state index in [-0.39, 0.29) is 0 Å². The van der Waals surface area contributed by atoms with Gasteiger partial charge in [0.05, 0.1) is 28.5 Å². The first-order chi connectivity index (χ1) is 12.2. The lowest BCUT2D eigenvalue weighted by Gasteiger charge is -2.00. The molecule has 25 heavy (non-hydrogen) atoms. The normalized spacial score (nSPS) is 11.4. The molecular weight excluding hydrogens is 357 g/mol. The maximum absolute atomic E-state index is 5.94. The molecule has 3 aromatic rings. The molecule has 0 fully saturated rings. The number of hydrazone groups is 1. The first kappa shape index (κ1) is 17.2. The minimum absolute atomic E-state index is 0.479. The second kappa shape index (κ2) is 8.46. The summed E-state index contributed by atoms with van der Waals surface area (Å²) in [6.45, 7) is 0.689. The highest BCUT2D eigenvalue weighted by atomic mass is 35.5. The van der Waals surface area contributed by atoms with Crippen LogP contribution < -0.4 is 5.43 Å². The van der Waals surface area contributed by atoms with Crippen LogP contribution in [-0.2, 0) is 6.54 Å². The highest BCUT2D eigenvalue weighted by Gasteiger charge is 1.99. The van der Waals surface area contributed by atoms with Crippen molar-refractivity contribution in [2.24, 2.45) is 5.10 Å². The fourth-order valence-electron chi connectivity index (χ4n) is 2.10. The number of rotatable bonds is 6. The van der Waals surface area contributed by atoms with Crippen LogP contribution in [0.3, 0.4) is 0 Å². The van der Waals surface area contributed by atoms with E-state index in [1.54, 1.807) is 35.2 Å². The van der Waals surface area contributed by atoms with E-state index in [2.05, 4.69) is 33.0 Å². The van der Waals surface area contributed by atoms with Crippen LogP contribution in [0.4, 0.5) is 5.69 Å². The van der Waals surface area contributed by atoms with Gasteiger partial charge in [0.25, 0.3) is 0 Å². The van der Waals surface area contributed by atoms with Crippen molar-refractivity contribution in [3.05, 3.63) is 82.1 Å². The van der Waals surface area contributed by atoms with Gasteiger partial charge in [0.2, 0.25) is 0 Å². The summed E-state index contributed by atoms with van der Waals surface area (Å²) in [6, 6.07) is 15.3. The van der Waals surface area contributed by atoms with E-state index in [0.717, 1.165) is 11.4 Å². The van der Waals surface area contributed by atoms with Crippen molar-refractivity contribution in [3.63, 3.8) is 0 Å². The third-order valence-electron chi connectivity index (χ3n) is 3.28. The monoisotopic (exact) mass is 371 g/mol. The number of aromatic nitrogens is 3. The molecule has 2 aromatic carbocycles. The molecule has 0 aliphatic rings. The minimum Gasteiger partial charge on any atom is -0.278 e. The summed E-state index contributed by atoms with van der Waals surface area (Å²) in [5.74, 6) is 0. The largest absolute Gasteiger partial charge is 0.278 e. The zero-order valence-electron chi connectivity index (χ0n) is 13.2. The molecule has 0 radical (unpaired) electrons. The van der Waals surface area contributed by atoms with Gasteiger partial charge in [-0.25, -0.2) is 4.68 Å². The Morgan fingerprint density at radius 3 is 2.72 bits per heavy atom. The maximum atomic E-state index is 5.94. The first-order valence-electron chi connectivity index (χ1n) is 7.55. The maximum Gasteiger partial charge on any atom is 0.105 e. The third kappa shape index (κ3) is 5.17. The summed E-state index contributed by atoms with van der Waals surface area (Å²) in [5.41, 5.74) is 5.57. The Hall–Kier alpha value is -2.63. The lowest BCUT2D eigenvalue weighted by Crippen LogP contribution is -1.99. The van der Waals surface area contributed by atoms with Gasteiger partial charge in [0.1, 0.15) is 5.69 Å². The molecule has 0 spiro atoms. The Kier molecular flexibility index (Phi) is 5.82. The second-order valence-electron chi connectivity index (χ2n) is 5.20. The molecule has 1 heterocycles. The van der Waals surface area contributed by atoms with E-state index >= 15 is 0 Å². The van der Waals surface area contributed by atoms with Gasteiger partial charge in [-0.3, -0.25) is 5.43 Å². The SMILES string of the molecule is Clc1ccc(N/N=C\C=C\c2cn(Cc3ccccc3)nn2)cc1Cl. The molecule has 0 amide bonds. The number of allylic oxidation sites excluding steroid dienone is 1. The molecule has 0 aliphatic carbocycles. The fourth-order valence-corrected chi connectivity index (χ4v) is 2.40. The topological polar surface area (TPSA) is 55.1 Å². The van der Waals surface area contributed by atoms with Crippen LogP contribution in [-0.4, -0.2) is 21.2 Å². The van der Waals surface area contributed by atoms with Crippen molar-refractivity contribution in [3.8, 4) is 0 Å². The predicted octanol–water partition coefficient (Wildman–Crippen LogP) is 4.74. The van der Waals surface area contributed by atoms with Crippen molar-refractivity contribution >= 4 is 41.2 Å². The lowest BCUT2D eigenvalue weighted by atomic mass is 10.2. The van der Waals surface area contributed by atoms with Crippen molar-refractivity contribution in [1.29, 1.82) is 0 Å². The molecule has 5 nitrogen and oxygen atoms in total. The molecule has 0 aliphatic heterocycles. The quantitative estimate of drug-likeness (QED) is 0.502. The first-order valence-corrected chi connectivity index (χ1v) is 8.31. The third-order valence-corrected chi connectivity index (χ3v) is 4.02. The van der Waals surface area contributed by atoms with Gasteiger partial charge in [0, 0.05) is 6.21 Å². The van der Waals surface area contributed by atoms with E-state index in [1.165, 1.54) is 5.56 Å². The number of anilines is 1. The highest BCUT2D eigenvalue weighted by Crippen LogP contribution is 2.24. The van der Waals surface area contributed by atoms with Crippen molar-refractivity contribution in [2.75, 3.05) is 5.43 Å². The van der Waals surface area contributed by atoms with E-state index in [4.69, 9.17) is 23.2 Å². The molecule has 1 aromatic heterocycles. The average molecular weight is 372 g/mol. The Bertz CT molecular complexity index is 887. The number of nitrogens with zero attached hydrogens (tertiary/aromatic N) is 4. The lowest BCUT2D eigenvalue weighted by molar-refractivity contribution is 0.649. The van der Waals surface area contributed by atoms with Gasteiger partial charge in [0.15, 0.2) is 0 Å². The van der Waals surface area contributed by atoms with Gasteiger partial charge in [-0.15, -0.1) is 5.10 Å². The molecular formula is C18H15Cl2N5. The van der Waals surface area contributed by atoms with Gasteiger partial charge in [-0.05, 0) is 35.9 Å². The van der Waals surface area contributed by atoms with E-state index in [0.29, 0.717) is 16.6 Å². The van der Waals surface area contributed by atoms with Gasteiger partial charge >= 0.3 is 0 Å². The molecule has 3 rings (SSSR count). The molecule has 1 N–H and O–H groups in total. The average Bonchev–Trinajstić information content (AvgIpc) is 3.06. The number of halogens is 2. The summed E-state index contributed by atoms with van der Waals surface area (Å²) in [6.07, 6.45) is 7.11. The minimum atomic E-state index is 0.479. The van der Waals surface area contributed by atoms with Crippen LogP contribution in [0.25, 0.3) is 6.08 Å². The zero-order valence-corrected chi connectivity index (χ0v) is 14.7. The summed E-state index contributed by atoms with van der Waals surface area (Å²) in [7, 11) is 0. The molecule has 126 valence electrons. The molecule has 0 unspecified atom stereocenters. The smallest absolute Gasteiger partial charge is 0.105 e. The molecule has 7 heteroatoms. The summed E-state index contributed by atoms with van der Waals surface area (Å²) >= 11 is 11.8. The van der Waals surface area contributed by atoms with Crippen LogP contribution in [0.1, 0.15) is 11.3 Å². The van der Waals surface area contributed by atoms with Crippen LogP contribution in [0, 0.1) is 0 Å². The Balaban J connectivity index is 1.53. The zero-order chi connectivity index (χ0) is 17.5.